The van der Waals surface area contributed by atoms with E-state index in [4.69, 9.17) is 0 Å². The van der Waals surface area contributed by atoms with Crippen LogP contribution in [0.1, 0.15) is 31.4 Å². The van der Waals surface area contributed by atoms with Gasteiger partial charge in [-0.05, 0) is 51.3 Å². The Labute approximate surface area is 102 Å². The second-order valence-electron chi connectivity index (χ2n) is 5.35. The van der Waals surface area contributed by atoms with Crippen molar-refractivity contribution in [3.05, 3.63) is 29.3 Å². The third kappa shape index (κ3) is 2.78. The molecular weight excluding hydrogens is 217 g/mol. The first-order valence-corrected chi connectivity index (χ1v) is 6.19. The molecule has 2 nitrogen and oxygen atoms in total. The van der Waals surface area contributed by atoms with Crippen LogP contribution in [0.3, 0.4) is 0 Å². The molecule has 0 amide bonds. The maximum Gasteiger partial charge on any atom is 0.134 e. The summed E-state index contributed by atoms with van der Waals surface area (Å²) in [7, 11) is 0. The van der Waals surface area contributed by atoms with Crippen molar-refractivity contribution in [2.24, 2.45) is 5.92 Å². The van der Waals surface area contributed by atoms with E-state index in [2.05, 4.69) is 5.32 Å². The van der Waals surface area contributed by atoms with E-state index in [1.54, 1.807) is 6.07 Å². The number of para-hydroxylation sites is 1. The van der Waals surface area contributed by atoms with Crippen LogP contribution in [0.4, 0.5) is 4.39 Å². The van der Waals surface area contributed by atoms with Crippen LogP contribution in [0.25, 0.3) is 0 Å². The highest BCUT2D eigenvalue weighted by molar-refractivity contribution is 5.43. The summed E-state index contributed by atoms with van der Waals surface area (Å²) in [6, 6.07) is 5.38. The van der Waals surface area contributed by atoms with Gasteiger partial charge in [0.25, 0.3) is 0 Å². The number of rotatable bonds is 3. The smallest absolute Gasteiger partial charge is 0.134 e. The highest BCUT2D eigenvalue weighted by Crippen LogP contribution is 2.35. The maximum absolute atomic E-state index is 13.9. The zero-order valence-electron chi connectivity index (χ0n) is 10.5. The average Bonchev–Trinajstić information content (AvgIpc) is 2.72. The molecule has 0 aromatic heterocycles. The third-order valence-corrected chi connectivity index (χ3v) is 3.43. The van der Waals surface area contributed by atoms with Gasteiger partial charge in [-0.1, -0.05) is 18.2 Å². The highest BCUT2D eigenvalue weighted by Gasteiger charge is 2.25. The number of phenols is 1. The molecule has 1 unspecified atom stereocenters. The average molecular weight is 237 g/mol. The van der Waals surface area contributed by atoms with E-state index in [0.717, 1.165) is 31.5 Å². The van der Waals surface area contributed by atoms with Crippen molar-refractivity contribution in [1.29, 1.82) is 0 Å². The van der Waals surface area contributed by atoms with E-state index in [0.29, 0.717) is 11.5 Å². The monoisotopic (exact) mass is 237 g/mol. The number of aromatic hydroxyl groups is 1. The summed E-state index contributed by atoms with van der Waals surface area (Å²) in [6.07, 6.45) is 1.95. The maximum atomic E-state index is 13.9. The van der Waals surface area contributed by atoms with Crippen molar-refractivity contribution in [2.45, 2.75) is 32.4 Å². The van der Waals surface area contributed by atoms with Gasteiger partial charge in [0.05, 0.1) is 0 Å². The normalized spacial score (nSPS) is 20.8. The van der Waals surface area contributed by atoms with Gasteiger partial charge in [-0.3, -0.25) is 0 Å². The standard InChI is InChI=1S/C14H20FNO/c1-14(2,15)12-5-3-4-11(13(12)17)8-10-6-7-16-9-10/h3-5,10,16-17H,6-9H2,1-2H3. The van der Waals surface area contributed by atoms with E-state index < -0.39 is 5.67 Å². The summed E-state index contributed by atoms with van der Waals surface area (Å²) in [5.41, 5.74) is -0.239. The number of phenolic OH excluding ortho intramolecular Hbond substituents is 1. The summed E-state index contributed by atoms with van der Waals surface area (Å²) in [6.45, 7) is 4.98. The fourth-order valence-corrected chi connectivity index (χ4v) is 2.44. The molecule has 1 aromatic carbocycles. The molecule has 1 aliphatic rings. The van der Waals surface area contributed by atoms with Crippen LogP contribution < -0.4 is 5.32 Å². The Kier molecular flexibility index (Phi) is 3.38. The van der Waals surface area contributed by atoms with Gasteiger partial charge in [0.1, 0.15) is 11.4 Å². The van der Waals surface area contributed by atoms with Gasteiger partial charge in [0.15, 0.2) is 0 Å². The molecule has 0 saturated carbocycles. The fraction of sp³-hybridized carbons (Fsp3) is 0.571. The lowest BCUT2D eigenvalue weighted by Crippen LogP contribution is -2.13. The lowest BCUT2D eigenvalue weighted by atomic mass is 9.92. The van der Waals surface area contributed by atoms with Crippen molar-refractivity contribution in [3.63, 3.8) is 0 Å². The predicted molar refractivity (Wildman–Crippen MR) is 66.9 cm³/mol. The Morgan fingerprint density at radius 2 is 2.24 bits per heavy atom. The number of nitrogens with one attached hydrogen (secondary N) is 1. The van der Waals surface area contributed by atoms with Gasteiger partial charge >= 0.3 is 0 Å². The number of hydrogen-bond donors (Lipinski definition) is 2. The van der Waals surface area contributed by atoms with Gasteiger partial charge in [-0.2, -0.15) is 0 Å². The van der Waals surface area contributed by atoms with Crippen molar-refractivity contribution in [2.75, 3.05) is 13.1 Å². The largest absolute Gasteiger partial charge is 0.507 e. The van der Waals surface area contributed by atoms with Crippen LogP contribution >= 0.6 is 0 Å². The molecule has 17 heavy (non-hydrogen) atoms. The molecule has 0 bridgehead atoms. The van der Waals surface area contributed by atoms with Crippen LogP contribution in [0.5, 0.6) is 5.75 Å². The van der Waals surface area contributed by atoms with E-state index in [1.807, 2.05) is 12.1 Å². The SMILES string of the molecule is CC(C)(F)c1cccc(CC2CCNC2)c1O. The Hall–Kier alpha value is -1.09. The number of benzene rings is 1. The molecule has 1 heterocycles. The van der Waals surface area contributed by atoms with Crippen molar-refractivity contribution in [3.8, 4) is 5.75 Å². The highest BCUT2D eigenvalue weighted by atomic mass is 19.1. The van der Waals surface area contributed by atoms with Crippen LogP contribution in [-0.4, -0.2) is 18.2 Å². The van der Waals surface area contributed by atoms with E-state index in [1.165, 1.54) is 13.8 Å². The summed E-state index contributed by atoms with van der Waals surface area (Å²) >= 11 is 0. The molecule has 0 radical (unpaired) electrons. The van der Waals surface area contributed by atoms with Gasteiger partial charge < -0.3 is 10.4 Å². The zero-order chi connectivity index (χ0) is 12.5. The van der Waals surface area contributed by atoms with E-state index in [9.17, 15) is 9.50 Å². The second-order valence-corrected chi connectivity index (χ2v) is 5.35. The van der Waals surface area contributed by atoms with E-state index in [-0.39, 0.29) is 5.75 Å². The van der Waals surface area contributed by atoms with Crippen molar-refractivity contribution in [1.82, 2.24) is 5.32 Å². The topological polar surface area (TPSA) is 32.3 Å². The Balaban J connectivity index is 2.22. The van der Waals surface area contributed by atoms with Crippen LogP contribution in [-0.2, 0) is 12.1 Å². The summed E-state index contributed by atoms with van der Waals surface area (Å²) in [4.78, 5) is 0. The van der Waals surface area contributed by atoms with E-state index >= 15 is 0 Å². The molecule has 3 heteroatoms. The first-order chi connectivity index (χ1) is 7.98. The van der Waals surface area contributed by atoms with Crippen molar-refractivity contribution >= 4 is 0 Å². The second kappa shape index (κ2) is 4.65. The lowest BCUT2D eigenvalue weighted by Gasteiger charge is -2.19. The minimum Gasteiger partial charge on any atom is -0.507 e. The Morgan fingerprint density at radius 3 is 2.82 bits per heavy atom. The third-order valence-electron chi connectivity index (χ3n) is 3.43. The molecule has 2 N–H and O–H groups in total. The number of halogens is 1. The molecule has 0 aliphatic carbocycles. The predicted octanol–water partition coefficient (Wildman–Crippen LogP) is 2.75. The molecule has 1 fully saturated rings. The molecule has 1 aromatic rings. The van der Waals surface area contributed by atoms with Crippen molar-refractivity contribution < 1.29 is 9.50 Å². The molecule has 1 saturated heterocycles. The lowest BCUT2D eigenvalue weighted by molar-refractivity contribution is 0.214. The van der Waals surface area contributed by atoms with Crippen LogP contribution in [0.2, 0.25) is 0 Å². The Morgan fingerprint density at radius 1 is 1.47 bits per heavy atom. The van der Waals surface area contributed by atoms with Gasteiger partial charge in [0, 0.05) is 5.56 Å². The Bertz CT molecular complexity index is 392. The summed E-state index contributed by atoms with van der Waals surface area (Å²) < 4.78 is 13.9. The molecular formula is C14H20FNO. The molecule has 94 valence electrons. The quantitative estimate of drug-likeness (QED) is 0.847. The molecule has 1 atom stereocenters. The van der Waals surface area contributed by atoms with Crippen LogP contribution in [0.15, 0.2) is 18.2 Å². The van der Waals surface area contributed by atoms with Crippen LogP contribution in [0, 0.1) is 5.92 Å². The number of hydrogen-bond acceptors (Lipinski definition) is 2. The van der Waals surface area contributed by atoms with Gasteiger partial charge in [0.2, 0.25) is 0 Å². The molecule has 2 rings (SSSR count). The van der Waals surface area contributed by atoms with Gasteiger partial charge in [-0.25, -0.2) is 4.39 Å². The van der Waals surface area contributed by atoms with Gasteiger partial charge in [-0.15, -0.1) is 0 Å². The fourth-order valence-electron chi connectivity index (χ4n) is 2.44. The summed E-state index contributed by atoms with van der Waals surface area (Å²) in [5.74, 6) is 0.686. The zero-order valence-corrected chi connectivity index (χ0v) is 10.5. The minimum atomic E-state index is -1.49. The summed E-state index contributed by atoms with van der Waals surface area (Å²) in [5, 5.41) is 13.4. The molecule has 0 spiro atoms. The first kappa shape index (κ1) is 12.4. The minimum absolute atomic E-state index is 0.131. The molecule has 1 aliphatic heterocycles. The number of alkyl halides is 1. The first-order valence-electron chi connectivity index (χ1n) is 6.19.